The molecule has 0 bridgehead atoms. The quantitative estimate of drug-likeness (QED) is 0.625. The molecule has 0 spiro atoms. The Morgan fingerprint density at radius 2 is 1.71 bits per heavy atom. The molecule has 1 heterocycles. The van der Waals surface area contributed by atoms with Crippen molar-refractivity contribution in [1.29, 1.82) is 0 Å². The zero-order valence-electron chi connectivity index (χ0n) is 10.1. The topological polar surface area (TPSA) is 6.48 Å². The Kier molecular flexibility index (Phi) is 5.49. The molecule has 0 aromatic carbocycles. The van der Waals surface area contributed by atoms with E-state index in [1.807, 2.05) is 0 Å². The van der Waals surface area contributed by atoms with E-state index in [1.165, 1.54) is 51.9 Å². The van der Waals surface area contributed by atoms with Gasteiger partial charge in [-0.1, -0.05) is 26.2 Å². The summed E-state index contributed by atoms with van der Waals surface area (Å²) in [5.74, 6) is 0. The van der Waals surface area contributed by atoms with Crippen molar-refractivity contribution in [1.82, 2.24) is 9.80 Å². The van der Waals surface area contributed by atoms with E-state index in [0.29, 0.717) is 0 Å². The van der Waals surface area contributed by atoms with Gasteiger partial charge in [-0.2, -0.15) is 0 Å². The number of hydrogen-bond acceptors (Lipinski definition) is 2. The highest BCUT2D eigenvalue weighted by Crippen LogP contribution is 2.11. The molecule has 84 valence electrons. The van der Waals surface area contributed by atoms with Gasteiger partial charge in [-0.25, -0.2) is 0 Å². The first-order chi connectivity index (χ1) is 6.74. The van der Waals surface area contributed by atoms with Gasteiger partial charge in [0.15, 0.2) is 0 Å². The summed E-state index contributed by atoms with van der Waals surface area (Å²) in [7, 11) is 2.22. The Balaban J connectivity index is 2.13. The molecule has 2 nitrogen and oxygen atoms in total. The Hall–Kier alpha value is -0.0800. The summed E-state index contributed by atoms with van der Waals surface area (Å²) in [6.07, 6.45) is 5.54. The van der Waals surface area contributed by atoms with E-state index < -0.39 is 0 Å². The number of likely N-dealkylation sites (N-methyl/N-ethyl adjacent to an activating group) is 1. The van der Waals surface area contributed by atoms with Crippen LogP contribution in [0, 0.1) is 0 Å². The molecule has 0 aromatic heterocycles. The third kappa shape index (κ3) is 3.97. The molecule has 1 aliphatic heterocycles. The molecule has 1 aliphatic rings. The van der Waals surface area contributed by atoms with Gasteiger partial charge in [-0.3, -0.25) is 4.90 Å². The predicted octanol–water partition coefficient (Wildman–Crippen LogP) is 2.20. The maximum atomic E-state index is 2.65. The second-order valence-electron chi connectivity index (χ2n) is 4.68. The van der Waals surface area contributed by atoms with E-state index in [4.69, 9.17) is 0 Å². The van der Waals surface area contributed by atoms with Crippen LogP contribution in [-0.4, -0.2) is 49.1 Å². The number of nitrogens with zero attached hydrogens (tertiary/aromatic N) is 2. The van der Waals surface area contributed by atoms with Gasteiger partial charge in [0.25, 0.3) is 0 Å². The summed E-state index contributed by atoms with van der Waals surface area (Å²) in [6, 6.07) is 0.801. The summed E-state index contributed by atoms with van der Waals surface area (Å²) in [4.78, 5) is 5.07. The molecule has 1 rings (SSSR count). The van der Waals surface area contributed by atoms with E-state index in [1.54, 1.807) is 0 Å². The SMILES string of the molecule is CCCCC[C@H](C)N1CCN(C)CC1. The van der Waals surface area contributed by atoms with Gasteiger partial charge >= 0.3 is 0 Å². The van der Waals surface area contributed by atoms with Crippen LogP contribution in [0.15, 0.2) is 0 Å². The molecule has 0 unspecified atom stereocenters. The number of rotatable bonds is 5. The van der Waals surface area contributed by atoms with Gasteiger partial charge < -0.3 is 4.90 Å². The zero-order valence-corrected chi connectivity index (χ0v) is 10.1. The third-order valence-electron chi connectivity index (χ3n) is 3.39. The average Bonchev–Trinajstić information content (AvgIpc) is 2.19. The van der Waals surface area contributed by atoms with Crippen LogP contribution in [0.3, 0.4) is 0 Å². The van der Waals surface area contributed by atoms with E-state index >= 15 is 0 Å². The molecule has 2 heteroatoms. The summed E-state index contributed by atoms with van der Waals surface area (Å²) in [5.41, 5.74) is 0. The molecule has 0 aromatic rings. The molecular weight excluding hydrogens is 172 g/mol. The van der Waals surface area contributed by atoms with Crippen LogP contribution in [-0.2, 0) is 0 Å². The maximum absolute atomic E-state index is 2.65. The van der Waals surface area contributed by atoms with Crippen LogP contribution in [0.5, 0.6) is 0 Å². The summed E-state index contributed by atoms with van der Waals surface area (Å²) < 4.78 is 0. The Morgan fingerprint density at radius 3 is 2.29 bits per heavy atom. The fourth-order valence-corrected chi connectivity index (χ4v) is 2.14. The van der Waals surface area contributed by atoms with E-state index in [-0.39, 0.29) is 0 Å². The van der Waals surface area contributed by atoms with Crippen molar-refractivity contribution in [2.24, 2.45) is 0 Å². The van der Waals surface area contributed by atoms with E-state index in [2.05, 4.69) is 30.7 Å². The fourth-order valence-electron chi connectivity index (χ4n) is 2.14. The van der Waals surface area contributed by atoms with E-state index in [9.17, 15) is 0 Å². The summed E-state index contributed by atoms with van der Waals surface area (Å²) >= 11 is 0. The molecule has 14 heavy (non-hydrogen) atoms. The molecular formula is C12H26N2. The molecule has 0 radical (unpaired) electrons. The van der Waals surface area contributed by atoms with Crippen LogP contribution >= 0.6 is 0 Å². The van der Waals surface area contributed by atoms with Gasteiger partial charge in [0.05, 0.1) is 0 Å². The first kappa shape index (κ1) is 12.0. The largest absolute Gasteiger partial charge is 0.304 e. The lowest BCUT2D eigenvalue weighted by molar-refractivity contribution is 0.113. The molecule has 1 saturated heterocycles. The lowest BCUT2D eigenvalue weighted by Crippen LogP contribution is -2.48. The van der Waals surface area contributed by atoms with Gasteiger partial charge in [-0.15, -0.1) is 0 Å². The minimum absolute atomic E-state index is 0.801. The van der Waals surface area contributed by atoms with Crippen LogP contribution < -0.4 is 0 Å². The lowest BCUT2D eigenvalue weighted by atomic mass is 10.1. The number of piperazine rings is 1. The minimum Gasteiger partial charge on any atom is -0.304 e. The highest BCUT2D eigenvalue weighted by Gasteiger charge is 2.18. The standard InChI is InChI=1S/C12H26N2/c1-4-5-6-7-12(2)14-10-8-13(3)9-11-14/h12H,4-11H2,1-3H3/t12-/m0/s1. The molecule has 0 saturated carbocycles. The van der Waals surface area contributed by atoms with Crippen molar-refractivity contribution in [3.8, 4) is 0 Å². The monoisotopic (exact) mass is 198 g/mol. The molecule has 1 atom stereocenters. The average molecular weight is 198 g/mol. The van der Waals surface area contributed by atoms with Crippen LogP contribution in [0.2, 0.25) is 0 Å². The van der Waals surface area contributed by atoms with Gasteiger partial charge in [0.1, 0.15) is 0 Å². The van der Waals surface area contributed by atoms with Gasteiger partial charge in [0, 0.05) is 32.2 Å². The Labute approximate surface area is 89.3 Å². The fraction of sp³-hybridized carbons (Fsp3) is 1.00. The number of hydrogen-bond donors (Lipinski definition) is 0. The molecule has 0 N–H and O–H groups in total. The second-order valence-corrected chi connectivity index (χ2v) is 4.68. The second kappa shape index (κ2) is 6.41. The molecule has 0 amide bonds. The van der Waals surface area contributed by atoms with Gasteiger partial charge in [0.2, 0.25) is 0 Å². The third-order valence-corrected chi connectivity index (χ3v) is 3.39. The maximum Gasteiger partial charge on any atom is 0.0113 e. The normalized spacial score (nSPS) is 22.5. The summed E-state index contributed by atoms with van der Waals surface area (Å²) in [6.45, 7) is 9.70. The van der Waals surface area contributed by atoms with Crippen molar-refractivity contribution in [3.05, 3.63) is 0 Å². The van der Waals surface area contributed by atoms with Crippen LogP contribution in [0.25, 0.3) is 0 Å². The van der Waals surface area contributed by atoms with Crippen molar-refractivity contribution in [3.63, 3.8) is 0 Å². The highest BCUT2D eigenvalue weighted by atomic mass is 15.3. The first-order valence-electron chi connectivity index (χ1n) is 6.16. The number of unbranched alkanes of at least 4 members (excludes halogenated alkanes) is 2. The first-order valence-corrected chi connectivity index (χ1v) is 6.16. The lowest BCUT2D eigenvalue weighted by Gasteiger charge is -2.36. The predicted molar refractivity (Wildman–Crippen MR) is 62.7 cm³/mol. The Morgan fingerprint density at radius 1 is 1.07 bits per heavy atom. The molecule has 0 aliphatic carbocycles. The van der Waals surface area contributed by atoms with Crippen molar-refractivity contribution >= 4 is 0 Å². The van der Waals surface area contributed by atoms with Crippen molar-refractivity contribution in [2.45, 2.75) is 45.6 Å². The summed E-state index contributed by atoms with van der Waals surface area (Å²) in [5, 5.41) is 0. The van der Waals surface area contributed by atoms with Crippen LogP contribution in [0.1, 0.15) is 39.5 Å². The van der Waals surface area contributed by atoms with Crippen LogP contribution in [0.4, 0.5) is 0 Å². The van der Waals surface area contributed by atoms with Crippen molar-refractivity contribution < 1.29 is 0 Å². The highest BCUT2D eigenvalue weighted by molar-refractivity contribution is 4.74. The smallest absolute Gasteiger partial charge is 0.0113 e. The van der Waals surface area contributed by atoms with Crippen molar-refractivity contribution in [2.75, 3.05) is 33.2 Å². The zero-order chi connectivity index (χ0) is 10.4. The minimum atomic E-state index is 0.801. The molecule has 1 fully saturated rings. The van der Waals surface area contributed by atoms with Gasteiger partial charge in [-0.05, 0) is 20.4 Å². The Bertz CT molecular complexity index is 139. The van der Waals surface area contributed by atoms with E-state index in [0.717, 1.165) is 6.04 Å².